The van der Waals surface area contributed by atoms with E-state index in [1.54, 1.807) is 32.9 Å². The average molecular weight is 481 g/mol. The van der Waals surface area contributed by atoms with Crippen molar-refractivity contribution in [2.45, 2.75) is 51.1 Å². The number of rotatable bonds is 7. The monoisotopic (exact) mass is 481 g/mol. The van der Waals surface area contributed by atoms with E-state index < -0.39 is 47.3 Å². The second-order valence-electron chi connectivity index (χ2n) is 8.51. The van der Waals surface area contributed by atoms with Gasteiger partial charge in [0.2, 0.25) is 0 Å². The van der Waals surface area contributed by atoms with Gasteiger partial charge < -0.3 is 19.9 Å². The van der Waals surface area contributed by atoms with E-state index in [0.717, 1.165) is 31.4 Å². The smallest absolute Gasteiger partial charge is 0.416 e. The van der Waals surface area contributed by atoms with Gasteiger partial charge in [-0.1, -0.05) is 24.3 Å². The van der Waals surface area contributed by atoms with Crippen molar-refractivity contribution in [3.05, 3.63) is 70.8 Å². The first-order chi connectivity index (χ1) is 15.7. The molecule has 0 aromatic heterocycles. The molecule has 2 aromatic rings. The summed E-state index contributed by atoms with van der Waals surface area (Å²) in [6.45, 7) is 5.21. The normalized spacial score (nSPS) is 13.5. The highest BCUT2D eigenvalue weighted by molar-refractivity contribution is 5.90. The number of nitrogens with one attached hydrogen (secondary N) is 1. The highest BCUT2D eigenvalue weighted by Crippen LogP contribution is 2.30. The van der Waals surface area contributed by atoms with Crippen molar-refractivity contribution in [1.29, 1.82) is 0 Å². The molecule has 0 saturated heterocycles. The quantitative estimate of drug-likeness (QED) is 0.586. The van der Waals surface area contributed by atoms with Crippen LogP contribution in [0.5, 0.6) is 0 Å². The van der Waals surface area contributed by atoms with Crippen LogP contribution in [0, 0.1) is 0 Å². The van der Waals surface area contributed by atoms with Gasteiger partial charge in [0.05, 0.1) is 18.2 Å². The van der Waals surface area contributed by atoms with Crippen LogP contribution >= 0.6 is 0 Å². The Bertz CT molecular complexity index is 1010. The van der Waals surface area contributed by atoms with Crippen molar-refractivity contribution in [2.75, 3.05) is 7.11 Å². The number of aliphatic hydroxyl groups is 1. The van der Waals surface area contributed by atoms with Gasteiger partial charge >= 0.3 is 18.1 Å². The van der Waals surface area contributed by atoms with Crippen LogP contribution in [0.25, 0.3) is 0 Å². The van der Waals surface area contributed by atoms with E-state index >= 15 is 0 Å². The number of carbonyl (C=O) groups excluding carboxylic acids is 3. The summed E-state index contributed by atoms with van der Waals surface area (Å²) < 4.78 is 48.1. The summed E-state index contributed by atoms with van der Waals surface area (Å²) >= 11 is 0. The highest BCUT2D eigenvalue weighted by Gasteiger charge is 2.31. The standard InChI is InChI=1S/C24H26F3NO6/c1-23(2,3)34-21(31)16-7-5-14(6-8-16)13-18(22(32)33-4)28-20(30)19(29)15-9-11-17(12-10-15)24(25,26)27/h5-12,18-19,29H,13H2,1-4H3,(H,28,30)/t18-,19+/m0/s1. The Morgan fingerprint density at radius 3 is 2.00 bits per heavy atom. The molecule has 0 heterocycles. The molecular weight excluding hydrogens is 455 g/mol. The Morgan fingerprint density at radius 2 is 1.53 bits per heavy atom. The number of alkyl halides is 3. The number of carbonyl (C=O) groups is 3. The van der Waals surface area contributed by atoms with Crippen LogP contribution in [0.2, 0.25) is 0 Å². The van der Waals surface area contributed by atoms with Gasteiger partial charge in [-0.15, -0.1) is 0 Å². The largest absolute Gasteiger partial charge is 0.467 e. The summed E-state index contributed by atoms with van der Waals surface area (Å²) in [5, 5.41) is 12.6. The first kappa shape index (κ1) is 26.8. The maximum absolute atomic E-state index is 12.7. The molecule has 10 heteroatoms. The molecule has 184 valence electrons. The van der Waals surface area contributed by atoms with Gasteiger partial charge in [0.15, 0.2) is 6.10 Å². The predicted molar refractivity (Wildman–Crippen MR) is 116 cm³/mol. The van der Waals surface area contributed by atoms with Crippen LogP contribution in [-0.4, -0.2) is 41.7 Å². The molecule has 2 rings (SSSR count). The molecule has 2 N–H and O–H groups in total. The van der Waals surface area contributed by atoms with Crippen LogP contribution in [0.15, 0.2) is 48.5 Å². The average Bonchev–Trinajstić information content (AvgIpc) is 2.76. The van der Waals surface area contributed by atoms with E-state index in [9.17, 15) is 32.7 Å². The maximum Gasteiger partial charge on any atom is 0.416 e. The third-order valence-corrected chi connectivity index (χ3v) is 4.63. The van der Waals surface area contributed by atoms with E-state index in [-0.39, 0.29) is 12.0 Å². The van der Waals surface area contributed by atoms with Gasteiger partial charge in [-0.2, -0.15) is 13.2 Å². The number of ether oxygens (including phenoxy) is 2. The molecule has 0 unspecified atom stereocenters. The predicted octanol–water partition coefficient (Wildman–Crippen LogP) is 3.59. The lowest BCUT2D eigenvalue weighted by atomic mass is 10.0. The summed E-state index contributed by atoms with van der Waals surface area (Å²) in [5.74, 6) is -2.29. The minimum absolute atomic E-state index is 0.0211. The first-order valence-electron chi connectivity index (χ1n) is 10.3. The van der Waals surface area contributed by atoms with Gasteiger partial charge in [-0.05, 0) is 56.2 Å². The Balaban J connectivity index is 2.10. The molecular formula is C24H26F3NO6. The zero-order valence-electron chi connectivity index (χ0n) is 19.1. The molecule has 0 spiro atoms. The molecule has 2 aromatic carbocycles. The third-order valence-electron chi connectivity index (χ3n) is 4.63. The SMILES string of the molecule is COC(=O)[C@H](Cc1ccc(C(=O)OC(C)(C)C)cc1)NC(=O)[C@H](O)c1ccc(C(F)(F)F)cc1. The summed E-state index contributed by atoms with van der Waals surface area (Å²) in [6.07, 6.45) is -6.38. The highest BCUT2D eigenvalue weighted by atomic mass is 19.4. The second kappa shape index (κ2) is 10.7. The van der Waals surface area contributed by atoms with Gasteiger partial charge in [0.1, 0.15) is 11.6 Å². The Hall–Kier alpha value is -3.40. The van der Waals surface area contributed by atoms with Crippen LogP contribution in [0.3, 0.4) is 0 Å². The van der Waals surface area contributed by atoms with Crippen LogP contribution in [0.4, 0.5) is 13.2 Å². The molecule has 0 bridgehead atoms. The van der Waals surface area contributed by atoms with Crippen molar-refractivity contribution in [1.82, 2.24) is 5.32 Å². The number of halogens is 3. The van der Waals surface area contributed by atoms with Crippen molar-refractivity contribution < 1.29 is 42.1 Å². The first-order valence-corrected chi connectivity index (χ1v) is 10.3. The fourth-order valence-electron chi connectivity index (χ4n) is 2.94. The lowest BCUT2D eigenvalue weighted by Gasteiger charge is -2.20. The van der Waals surface area contributed by atoms with E-state index in [2.05, 4.69) is 5.32 Å². The molecule has 0 aliphatic heterocycles. The number of hydrogen-bond acceptors (Lipinski definition) is 6. The number of methoxy groups -OCH3 is 1. The van der Waals surface area contributed by atoms with E-state index in [4.69, 9.17) is 9.47 Å². The molecule has 34 heavy (non-hydrogen) atoms. The molecule has 0 saturated carbocycles. The fourth-order valence-corrected chi connectivity index (χ4v) is 2.94. The van der Waals surface area contributed by atoms with E-state index in [1.807, 2.05) is 0 Å². The van der Waals surface area contributed by atoms with Crippen molar-refractivity contribution in [3.8, 4) is 0 Å². The molecule has 0 aliphatic rings. The van der Waals surface area contributed by atoms with Crippen molar-refractivity contribution in [2.24, 2.45) is 0 Å². The zero-order valence-corrected chi connectivity index (χ0v) is 19.1. The molecule has 0 radical (unpaired) electrons. The number of benzene rings is 2. The number of amides is 1. The van der Waals surface area contributed by atoms with E-state index in [0.29, 0.717) is 11.1 Å². The molecule has 1 amide bonds. The van der Waals surface area contributed by atoms with Crippen molar-refractivity contribution in [3.63, 3.8) is 0 Å². The lowest BCUT2D eigenvalue weighted by Crippen LogP contribution is -2.45. The number of hydrogen-bond donors (Lipinski definition) is 2. The minimum Gasteiger partial charge on any atom is -0.467 e. The zero-order chi connectivity index (χ0) is 25.7. The van der Waals surface area contributed by atoms with Gasteiger partial charge in [-0.25, -0.2) is 9.59 Å². The van der Waals surface area contributed by atoms with Crippen LogP contribution < -0.4 is 5.32 Å². The Kier molecular flexibility index (Phi) is 8.44. The van der Waals surface area contributed by atoms with Crippen LogP contribution in [0.1, 0.15) is 53.9 Å². The lowest BCUT2D eigenvalue weighted by molar-refractivity contribution is -0.146. The molecule has 0 fully saturated rings. The maximum atomic E-state index is 12.7. The molecule has 7 nitrogen and oxygen atoms in total. The van der Waals surface area contributed by atoms with Gasteiger partial charge in [0.25, 0.3) is 5.91 Å². The van der Waals surface area contributed by atoms with Crippen molar-refractivity contribution >= 4 is 17.8 Å². The van der Waals surface area contributed by atoms with Gasteiger partial charge in [-0.3, -0.25) is 4.79 Å². The summed E-state index contributed by atoms with van der Waals surface area (Å²) in [6, 6.07) is 8.44. The van der Waals surface area contributed by atoms with E-state index in [1.165, 1.54) is 12.1 Å². The Labute approximate surface area is 194 Å². The molecule has 0 aliphatic carbocycles. The molecule has 2 atom stereocenters. The fraction of sp³-hybridized carbons (Fsp3) is 0.375. The summed E-state index contributed by atoms with van der Waals surface area (Å²) in [7, 11) is 1.12. The van der Waals surface area contributed by atoms with Gasteiger partial charge in [0, 0.05) is 6.42 Å². The number of esters is 2. The second-order valence-corrected chi connectivity index (χ2v) is 8.51. The minimum atomic E-state index is -4.55. The summed E-state index contributed by atoms with van der Waals surface area (Å²) in [4.78, 5) is 36.8. The third kappa shape index (κ3) is 7.58. The summed E-state index contributed by atoms with van der Waals surface area (Å²) in [5.41, 5.74) is -0.784. The Morgan fingerprint density at radius 1 is 0.971 bits per heavy atom. The van der Waals surface area contributed by atoms with Crippen LogP contribution in [-0.2, 0) is 31.7 Å². The topological polar surface area (TPSA) is 102 Å². The number of aliphatic hydroxyl groups excluding tert-OH is 1.